The lowest BCUT2D eigenvalue weighted by Crippen LogP contribution is -2.26. The summed E-state index contributed by atoms with van der Waals surface area (Å²) in [5.41, 5.74) is 25.9. The zero-order valence-corrected chi connectivity index (χ0v) is 36.5. The maximum atomic E-state index is 2.53. The molecular weight excluding hydrogens is 783 g/mol. The topological polar surface area (TPSA) is 3.24 Å². The minimum Gasteiger partial charge on any atom is -0.310 e. The fraction of sp³-hybridized carbons (Fsp3) is 0.0625. The van der Waals surface area contributed by atoms with E-state index in [2.05, 4.69) is 255 Å². The molecule has 1 atom stereocenters. The smallest absolute Gasteiger partial charge is 0.0726 e. The van der Waals surface area contributed by atoms with Gasteiger partial charge in [0.25, 0.3) is 0 Å². The van der Waals surface area contributed by atoms with Gasteiger partial charge >= 0.3 is 0 Å². The highest BCUT2D eigenvalue weighted by molar-refractivity contribution is 6.04. The Balaban J connectivity index is 1.10. The van der Waals surface area contributed by atoms with Crippen LogP contribution in [0.5, 0.6) is 0 Å². The SMILES string of the molecule is CC1(C)c2ccccc2-c2ccc(N(c3ccc(-c4ccccc4)cc3)c3cccc4c3-c3ccc(-c5ccccc5)cc3C43c4ccccc4-c4c(-c5ccccc5)cccc43)cc21. The first-order valence-electron chi connectivity index (χ1n) is 22.8. The lowest BCUT2D eigenvalue weighted by molar-refractivity contribution is 0.660. The van der Waals surface area contributed by atoms with Gasteiger partial charge in [-0.15, -0.1) is 0 Å². The van der Waals surface area contributed by atoms with Gasteiger partial charge in [-0.3, -0.25) is 0 Å². The van der Waals surface area contributed by atoms with Gasteiger partial charge in [0, 0.05) is 22.4 Å². The van der Waals surface area contributed by atoms with Gasteiger partial charge in [-0.05, 0) is 131 Å². The fourth-order valence-corrected chi connectivity index (χ4v) is 11.8. The Labute approximate surface area is 381 Å². The molecule has 306 valence electrons. The average molecular weight is 828 g/mol. The van der Waals surface area contributed by atoms with Crippen LogP contribution in [0, 0.1) is 0 Å². The van der Waals surface area contributed by atoms with Crippen molar-refractivity contribution in [2.24, 2.45) is 0 Å². The summed E-state index contributed by atoms with van der Waals surface area (Å²) < 4.78 is 0. The van der Waals surface area contributed by atoms with Crippen LogP contribution in [-0.2, 0) is 10.8 Å². The highest BCUT2D eigenvalue weighted by Gasteiger charge is 2.53. The molecule has 0 aliphatic heterocycles. The molecule has 0 saturated heterocycles. The Hall–Kier alpha value is -8.00. The molecule has 0 saturated carbocycles. The molecule has 3 aliphatic carbocycles. The first kappa shape index (κ1) is 37.5. The molecule has 0 radical (unpaired) electrons. The van der Waals surface area contributed by atoms with Gasteiger partial charge in [0.2, 0.25) is 0 Å². The van der Waals surface area contributed by atoms with Crippen LogP contribution in [-0.4, -0.2) is 0 Å². The number of hydrogen-bond acceptors (Lipinski definition) is 1. The lowest BCUT2D eigenvalue weighted by Gasteiger charge is -2.32. The van der Waals surface area contributed by atoms with Crippen molar-refractivity contribution < 1.29 is 0 Å². The summed E-state index contributed by atoms with van der Waals surface area (Å²) in [6, 6.07) is 88.3. The molecule has 0 aromatic heterocycles. The summed E-state index contributed by atoms with van der Waals surface area (Å²) in [4.78, 5) is 2.53. The molecular formula is C64H45N. The van der Waals surface area contributed by atoms with Crippen LogP contribution in [0.2, 0.25) is 0 Å². The van der Waals surface area contributed by atoms with Gasteiger partial charge < -0.3 is 4.90 Å². The van der Waals surface area contributed by atoms with Crippen LogP contribution < -0.4 is 4.90 Å². The van der Waals surface area contributed by atoms with Gasteiger partial charge in [-0.25, -0.2) is 0 Å². The van der Waals surface area contributed by atoms with Crippen molar-refractivity contribution in [1.82, 2.24) is 0 Å². The molecule has 3 aliphatic rings. The Morgan fingerprint density at radius 3 is 1.48 bits per heavy atom. The quantitative estimate of drug-likeness (QED) is 0.161. The summed E-state index contributed by atoms with van der Waals surface area (Å²) in [6.07, 6.45) is 0. The number of fused-ring (bicyclic) bond motifs is 13. The molecule has 1 unspecified atom stereocenters. The molecule has 65 heavy (non-hydrogen) atoms. The van der Waals surface area contributed by atoms with E-state index < -0.39 is 5.41 Å². The summed E-state index contributed by atoms with van der Waals surface area (Å²) in [5, 5.41) is 0. The fourth-order valence-electron chi connectivity index (χ4n) is 11.8. The molecule has 10 aromatic rings. The maximum absolute atomic E-state index is 2.53. The number of nitrogens with zero attached hydrogens (tertiary/aromatic N) is 1. The molecule has 0 heterocycles. The van der Waals surface area contributed by atoms with Gasteiger partial charge in [-0.2, -0.15) is 0 Å². The summed E-state index contributed by atoms with van der Waals surface area (Å²) in [7, 11) is 0. The maximum Gasteiger partial charge on any atom is 0.0726 e. The van der Waals surface area contributed by atoms with Crippen LogP contribution in [0.3, 0.4) is 0 Å². The van der Waals surface area contributed by atoms with E-state index in [0.29, 0.717) is 0 Å². The van der Waals surface area contributed by atoms with E-state index in [1.165, 1.54) is 106 Å². The Morgan fingerprint density at radius 1 is 0.277 bits per heavy atom. The van der Waals surface area contributed by atoms with Crippen molar-refractivity contribution in [2.75, 3.05) is 4.90 Å². The summed E-state index contributed by atoms with van der Waals surface area (Å²) in [6.45, 7) is 4.76. The molecule has 0 N–H and O–H groups in total. The third-order valence-corrected chi connectivity index (χ3v) is 14.7. The second kappa shape index (κ2) is 14.3. The van der Waals surface area contributed by atoms with Crippen molar-refractivity contribution in [3.63, 3.8) is 0 Å². The van der Waals surface area contributed by atoms with E-state index >= 15 is 0 Å². The van der Waals surface area contributed by atoms with Crippen molar-refractivity contribution >= 4 is 17.1 Å². The van der Waals surface area contributed by atoms with Crippen LogP contribution >= 0.6 is 0 Å². The predicted molar refractivity (Wildman–Crippen MR) is 271 cm³/mol. The van der Waals surface area contributed by atoms with Crippen LogP contribution in [0.25, 0.3) is 66.8 Å². The molecule has 0 amide bonds. The molecule has 1 heteroatoms. The largest absolute Gasteiger partial charge is 0.310 e. The van der Waals surface area contributed by atoms with Gasteiger partial charge in [-0.1, -0.05) is 214 Å². The first-order chi connectivity index (χ1) is 32.0. The Bertz CT molecular complexity index is 3490. The second-order valence-electron chi connectivity index (χ2n) is 18.4. The number of hydrogen-bond donors (Lipinski definition) is 0. The predicted octanol–water partition coefficient (Wildman–Crippen LogP) is 16.8. The van der Waals surface area contributed by atoms with Crippen molar-refractivity contribution in [3.05, 3.63) is 270 Å². The van der Waals surface area contributed by atoms with E-state index in [1.807, 2.05) is 0 Å². The molecule has 10 aromatic carbocycles. The average Bonchev–Trinajstić information content (AvgIpc) is 3.93. The summed E-state index contributed by atoms with van der Waals surface area (Å²) >= 11 is 0. The summed E-state index contributed by atoms with van der Waals surface area (Å²) in [5.74, 6) is 0. The van der Waals surface area contributed by atoms with E-state index in [1.54, 1.807) is 0 Å². The first-order valence-corrected chi connectivity index (χ1v) is 22.8. The molecule has 1 spiro atoms. The Morgan fingerprint density at radius 2 is 0.754 bits per heavy atom. The highest BCUT2D eigenvalue weighted by Crippen LogP contribution is 2.66. The van der Waals surface area contributed by atoms with Crippen molar-refractivity contribution in [2.45, 2.75) is 24.7 Å². The van der Waals surface area contributed by atoms with E-state index in [-0.39, 0.29) is 5.41 Å². The monoisotopic (exact) mass is 827 g/mol. The third kappa shape index (κ3) is 5.39. The standard InChI is InChI=1S/C64H45N/c1-63(2)54-27-14-12-24-50(54)51-39-37-48(41-58(51)63)65(47-35-32-44(33-36-47)42-18-6-3-7-19-42)60-31-17-30-57-62(60)53-38-34-46(43-20-8-4-9-21-43)40-59(53)64(57)55-28-15-13-25-52(55)61-49(26-16-29-56(61)64)45-22-10-5-11-23-45/h3-41H,1-2H3. The van der Waals surface area contributed by atoms with E-state index in [9.17, 15) is 0 Å². The Kier molecular flexibility index (Phi) is 8.24. The van der Waals surface area contributed by atoms with Gasteiger partial charge in [0.15, 0.2) is 0 Å². The number of benzene rings is 10. The zero-order valence-electron chi connectivity index (χ0n) is 36.5. The minimum atomic E-state index is -0.563. The molecule has 0 fully saturated rings. The normalized spacial score (nSPS) is 15.4. The van der Waals surface area contributed by atoms with E-state index in [4.69, 9.17) is 0 Å². The van der Waals surface area contributed by atoms with Gasteiger partial charge in [0.1, 0.15) is 0 Å². The molecule has 13 rings (SSSR count). The zero-order chi connectivity index (χ0) is 43.3. The lowest BCUT2D eigenvalue weighted by atomic mass is 9.70. The van der Waals surface area contributed by atoms with E-state index in [0.717, 1.165) is 11.4 Å². The van der Waals surface area contributed by atoms with Gasteiger partial charge in [0.05, 0.1) is 11.1 Å². The van der Waals surface area contributed by atoms with Crippen LogP contribution in [0.15, 0.2) is 237 Å². The van der Waals surface area contributed by atoms with Crippen LogP contribution in [0.1, 0.15) is 47.2 Å². The van der Waals surface area contributed by atoms with Crippen LogP contribution in [0.4, 0.5) is 17.1 Å². The number of anilines is 3. The second-order valence-corrected chi connectivity index (χ2v) is 18.4. The molecule has 0 bridgehead atoms. The van der Waals surface area contributed by atoms with Crippen molar-refractivity contribution in [3.8, 4) is 66.8 Å². The highest BCUT2D eigenvalue weighted by atomic mass is 15.1. The van der Waals surface area contributed by atoms with Crippen molar-refractivity contribution in [1.29, 1.82) is 0 Å². The molecule has 1 nitrogen and oxygen atoms in total. The third-order valence-electron chi connectivity index (χ3n) is 14.7. The number of rotatable bonds is 6. The minimum absolute atomic E-state index is 0.151.